The van der Waals surface area contributed by atoms with Crippen LogP contribution in [0.2, 0.25) is 0 Å². The lowest BCUT2D eigenvalue weighted by Gasteiger charge is -2.33. The summed E-state index contributed by atoms with van der Waals surface area (Å²) in [5, 5.41) is 21.0. The Morgan fingerprint density at radius 2 is 2.03 bits per heavy atom. The van der Waals surface area contributed by atoms with E-state index in [1.807, 2.05) is 0 Å². The molecule has 3 heterocycles. The average Bonchev–Trinajstić information content (AvgIpc) is 3.17. The zero-order valence-electron chi connectivity index (χ0n) is 17.3. The molecule has 1 aliphatic carbocycles. The van der Waals surface area contributed by atoms with Gasteiger partial charge in [0.05, 0.1) is 6.20 Å². The average molecular weight is 406 g/mol. The van der Waals surface area contributed by atoms with Gasteiger partial charge in [0.15, 0.2) is 5.82 Å². The van der Waals surface area contributed by atoms with Gasteiger partial charge in [-0.3, -0.25) is 14.8 Å². The van der Waals surface area contributed by atoms with Gasteiger partial charge in [-0.15, -0.1) is 5.10 Å². The highest BCUT2D eigenvalue weighted by Gasteiger charge is 2.55. The lowest BCUT2D eigenvalue weighted by atomic mass is 9.91. The highest BCUT2D eigenvalue weighted by Crippen LogP contribution is 2.54. The number of tetrazole rings is 1. The second kappa shape index (κ2) is 7.32. The van der Waals surface area contributed by atoms with Crippen molar-refractivity contribution < 1.29 is 4.79 Å². The van der Waals surface area contributed by atoms with E-state index >= 15 is 0 Å². The number of carbonyl (C=O) groups excluding carboxylic acids is 1. The number of aromatic amines is 1. The first-order valence-corrected chi connectivity index (χ1v) is 10.4. The number of rotatable bonds is 5. The number of benzene rings is 1. The van der Waals surface area contributed by atoms with Crippen LogP contribution in [0.1, 0.15) is 46.3 Å². The Labute approximate surface area is 174 Å². The van der Waals surface area contributed by atoms with Crippen LogP contribution < -0.4 is 5.32 Å². The van der Waals surface area contributed by atoms with Gasteiger partial charge in [0.1, 0.15) is 11.9 Å². The van der Waals surface area contributed by atoms with Crippen molar-refractivity contribution in [1.82, 2.24) is 40.6 Å². The van der Waals surface area contributed by atoms with Crippen molar-refractivity contribution in [3.8, 4) is 5.82 Å². The normalized spacial score (nSPS) is 20.4. The van der Waals surface area contributed by atoms with Gasteiger partial charge in [-0.05, 0) is 78.7 Å². The van der Waals surface area contributed by atoms with E-state index in [0.717, 1.165) is 38.9 Å². The Morgan fingerprint density at radius 3 is 2.73 bits per heavy atom. The van der Waals surface area contributed by atoms with Crippen molar-refractivity contribution >= 4 is 5.91 Å². The largest absolute Gasteiger partial charge is 0.349 e. The number of nitrogens with zero attached hydrogens (tertiary/aromatic N) is 6. The summed E-state index contributed by atoms with van der Waals surface area (Å²) in [6.45, 7) is 7.54. The molecule has 5 rings (SSSR count). The molecule has 1 atom stereocenters. The fraction of sp³-hybridized carbons (Fsp3) is 0.476. The number of nitrogens with one attached hydrogen (secondary N) is 2. The number of carbonyl (C=O) groups is 1. The van der Waals surface area contributed by atoms with E-state index in [0.29, 0.717) is 11.4 Å². The topological polar surface area (TPSA) is 105 Å². The highest BCUT2D eigenvalue weighted by molar-refractivity contribution is 5.97. The van der Waals surface area contributed by atoms with Gasteiger partial charge in [-0.2, -0.15) is 9.78 Å². The molecular formula is C21H26N8O. The summed E-state index contributed by atoms with van der Waals surface area (Å²) in [5.41, 5.74) is 4.88. The molecule has 0 bridgehead atoms. The minimum atomic E-state index is -0.130. The van der Waals surface area contributed by atoms with E-state index in [1.165, 1.54) is 33.9 Å². The number of hydrogen-bond donors (Lipinski definition) is 2. The summed E-state index contributed by atoms with van der Waals surface area (Å²) >= 11 is 0. The van der Waals surface area contributed by atoms with Crippen molar-refractivity contribution in [1.29, 1.82) is 0 Å². The minimum absolute atomic E-state index is 0.130. The Bertz CT molecular complexity index is 1030. The Kier molecular flexibility index (Phi) is 4.62. The molecule has 3 aromatic rings. The van der Waals surface area contributed by atoms with Crippen LogP contribution >= 0.6 is 0 Å². The van der Waals surface area contributed by atoms with Crippen molar-refractivity contribution in [3.63, 3.8) is 0 Å². The Balaban J connectivity index is 1.18. The quantitative estimate of drug-likeness (QED) is 0.669. The van der Waals surface area contributed by atoms with E-state index < -0.39 is 0 Å². The molecule has 30 heavy (non-hydrogen) atoms. The third-order valence-electron chi connectivity index (χ3n) is 6.82. The predicted molar refractivity (Wildman–Crippen MR) is 110 cm³/mol. The Hall–Kier alpha value is -3.07. The second-order valence-corrected chi connectivity index (χ2v) is 8.63. The van der Waals surface area contributed by atoms with E-state index in [1.54, 1.807) is 0 Å². The monoisotopic (exact) mass is 406 g/mol. The van der Waals surface area contributed by atoms with Crippen LogP contribution in [0, 0.1) is 19.3 Å². The summed E-state index contributed by atoms with van der Waals surface area (Å²) in [7, 11) is 0. The molecule has 1 spiro atoms. The van der Waals surface area contributed by atoms with Crippen LogP contribution in [0.5, 0.6) is 0 Å². The fourth-order valence-corrected chi connectivity index (χ4v) is 4.70. The van der Waals surface area contributed by atoms with Crippen molar-refractivity contribution in [2.75, 3.05) is 13.1 Å². The van der Waals surface area contributed by atoms with E-state index in [4.69, 9.17) is 0 Å². The molecule has 1 saturated carbocycles. The van der Waals surface area contributed by atoms with Crippen molar-refractivity contribution in [2.45, 2.75) is 45.7 Å². The van der Waals surface area contributed by atoms with E-state index in [9.17, 15) is 4.79 Å². The summed E-state index contributed by atoms with van der Waals surface area (Å²) in [6, 6.07) is 6.74. The molecule has 1 saturated heterocycles. The van der Waals surface area contributed by atoms with Gasteiger partial charge in [-0.25, -0.2) is 0 Å². The zero-order valence-corrected chi connectivity index (χ0v) is 17.3. The van der Waals surface area contributed by atoms with Gasteiger partial charge in [0, 0.05) is 12.6 Å². The summed E-state index contributed by atoms with van der Waals surface area (Å²) in [5.74, 6) is 0.352. The second-order valence-electron chi connectivity index (χ2n) is 8.63. The lowest BCUT2D eigenvalue weighted by Crippen LogP contribution is -2.38. The van der Waals surface area contributed by atoms with Gasteiger partial charge >= 0.3 is 0 Å². The maximum atomic E-state index is 12.8. The van der Waals surface area contributed by atoms with Gasteiger partial charge < -0.3 is 5.32 Å². The zero-order chi connectivity index (χ0) is 20.7. The van der Waals surface area contributed by atoms with Crippen LogP contribution in [0.15, 0.2) is 30.7 Å². The molecular weight excluding hydrogens is 380 g/mol. The first-order valence-electron chi connectivity index (χ1n) is 10.4. The molecule has 1 amide bonds. The lowest BCUT2D eigenvalue weighted by molar-refractivity contribution is 0.0934. The molecule has 2 aliphatic rings. The molecule has 2 aromatic heterocycles. The standard InChI is InChI=1S/C21H26N8O/c1-14-4-3-5-15(2)17(14)12-28-8-6-21(7-9-28)10-18(21)24-20(30)16-11-22-25-19(16)29-13-23-26-27-29/h3-5,11,13,18H,6-10,12H2,1-2H3,(H,22,25)(H,24,30). The number of H-pyrrole nitrogens is 1. The number of amides is 1. The van der Waals surface area contributed by atoms with Gasteiger partial charge in [0.25, 0.3) is 5.91 Å². The van der Waals surface area contributed by atoms with Crippen LogP contribution in [-0.2, 0) is 6.54 Å². The number of likely N-dealkylation sites (tertiary alicyclic amines) is 1. The first kappa shape index (κ1) is 18.9. The summed E-state index contributed by atoms with van der Waals surface area (Å²) in [4.78, 5) is 15.4. The maximum Gasteiger partial charge on any atom is 0.256 e. The highest BCUT2D eigenvalue weighted by atomic mass is 16.1. The van der Waals surface area contributed by atoms with Gasteiger partial charge in [-0.1, -0.05) is 18.2 Å². The van der Waals surface area contributed by atoms with Crippen molar-refractivity contribution in [2.24, 2.45) is 5.41 Å². The van der Waals surface area contributed by atoms with Crippen molar-refractivity contribution in [3.05, 3.63) is 53.0 Å². The van der Waals surface area contributed by atoms with E-state index in [-0.39, 0.29) is 17.4 Å². The third kappa shape index (κ3) is 3.39. The molecule has 9 nitrogen and oxygen atoms in total. The molecule has 1 unspecified atom stereocenters. The SMILES string of the molecule is Cc1cccc(C)c1CN1CCC2(CC1)CC2NC(=O)c1cn[nH]c1-n1cnnn1. The van der Waals surface area contributed by atoms with Crippen LogP contribution in [0.4, 0.5) is 0 Å². The van der Waals surface area contributed by atoms with Crippen LogP contribution in [-0.4, -0.2) is 60.3 Å². The van der Waals surface area contributed by atoms with Crippen LogP contribution in [0.25, 0.3) is 5.82 Å². The summed E-state index contributed by atoms with van der Waals surface area (Å²) < 4.78 is 1.41. The van der Waals surface area contributed by atoms with E-state index in [2.05, 4.69) is 68.0 Å². The smallest absolute Gasteiger partial charge is 0.256 e. The molecule has 156 valence electrons. The number of piperidine rings is 1. The predicted octanol–water partition coefficient (Wildman–Crippen LogP) is 1.79. The number of aromatic nitrogens is 6. The summed E-state index contributed by atoms with van der Waals surface area (Å²) in [6.07, 6.45) is 6.25. The van der Waals surface area contributed by atoms with Crippen LogP contribution in [0.3, 0.4) is 0 Å². The first-order chi connectivity index (χ1) is 14.6. The Morgan fingerprint density at radius 1 is 1.27 bits per heavy atom. The molecule has 2 fully saturated rings. The molecule has 1 aliphatic heterocycles. The van der Waals surface area contributed by atoms with Gasteiger partial charge in [0.2, 0.25) is 0 Å². The molecule has 1 aromatic carbocycles. The minimum Gasteiger partial charge on any atom is -0.349 e. The third-order valence-corrected chi connectivity index (χ3v) is 6.82. The molecule has 9 heteroatoms. The number of aryl methyl sites for hydroxylation is 2. The molecule has 2 N–H and O–H groups in total. The number of hydrogen-bond acceptors (Lipinski definition) is 6. The maximum absolute atomic E-state index is 12.8. The molecule has 0 radical (unpaired) electrons. The fourth-order valence-electron chi connectivity index (χ4n) is 4.70.